The number of nitrogens with one attached hydrogen (secondary N) is 2. The second-order valence-corrected chi connectivity index (χ2v) is 10.5. The molecule has 3 aromatic carbocycles. The Hall–Kier alpha value is -3.87. The van der Waals surface area contributed by atoms with Gasteiger partial charge in [-0.2, -0.15) is 0 Å². The van der Waals surface area contributed by atoms with Gasteiger partial charge in [0, 0.05) is 11.3 Å². The van der Waals surface area contributed by atoms with Crippen LogP contribution in [0.5, 0.6) is 0 Å². The number of anilines is 3. The van der Waals surface area contributed by atoms with Crippen LogP contribution < -0.4 is 15.5 Å². The van der Waals surface area contributed by atoms with Crippen molar-refractivity contribution in [1.82, 2.24) is 0 Å². The Morgan fingerprint density at radius 1 is 0.946 bits per heavy atom. The second-order valence-electron chi connectivity index (χ2n) is 10.5. The predicted octanol–water partition coefficient (Wildman–Crippen LogP) is 6.74. The molecule has 3 aromatic rings. The molecule has 1 heterocycles. The average molecular weight is 504 g/mol. The molecule has 1 unspecified atom stereocenters. The first-order valence-corrected chi connectivity index (χ1v) is 12.6. The number of hydrogen-bond donors (Lipinski definition) is 2. The van der Waals surface area contributed by atoms with Gasteiger partial charge >= 0.3 is 5.97 Å². The fourth-order valence-corrected chi connectivity index (χ4v) is 4.61. The van der Waals surface area contributed by atoms with Crippen LogP contribution in [0.25, 0.3) is 0 Å². The summed E-state index contributed by atoms with van der Waals surface area (Å²) in [6, 6.07) is 21.0. The van der Waals surface area contributed by atoms with Crippen molar-refractivity contribution in [1.29, 1.82) is 0 Å². The molecule has 0 aromatic heterocycles. The highest BCUT2D eigenvalue weighted by Gasteiger charge is 2.39. The van der Waals surface area contributed by atoms with Gasteiger partial charge in [-0.3, -0.25) is 9.59 Å². The van der Waals surface area contributed by atoms with Crippen molar-refractivity contribution < 1.29 is 18.7 Å². The molecule has 2 N–H and O–H groups in total. The number of fused-ring (bicyclic) bond motifs is 1. The molecule has 0 fully saturated rings. The molecule has 6 nitrogen and oxygen atoms in total. The van der Waals surface area contributed by atoms with Crippen molar-refractivity contribution in [2.24, 2.45) is 0 Å². The molecular formula is C30H34FN3O3. The number of nitrogens with zero attached hydrogens (tertiary/aromatic N) is 1. The largest absolute Gasteiger partial charge is 0.460 e. The molecule has 0 radical (unpaired) electrons. The van der Waals surface area contributed by atoms with Crippen LogP contribution in [-0.4, -0.2) is 23.1 Å². The Balaban J connectivity index is 1.64. The van der Waals surface area contributed by atoms with Crippen molar-refractivity contribution in [2.45, 2.75) is 64.8 Å². The second kappa shape index (κ2) is 10.6. The van der Waals surface area contributed by atoms with E-state index in [9.17, 15) is 14.0 Å². The van der Waals surface area contributed by atoms with Crippen LogP contribution in [-0.2, 0) is 16.1 Å². The molecule has 1 atom stereocenters. The van der Waals surface area contributed by atoms with Gasteiger partial charge in [0.25, 0.3) is 5.91 Å². The smallest absolute Gasteiger partial charge is 0.310 e. The number of ether oxygens (including phenoxy) is 1. The number of esters is 1. The monoisotopic (exact) mass is 503 g/mol. The molecule has 194 valence electrons. The van der Waals surface area contributed by atoms with Gasteiger partial charge in [0.15, 0.2) is 0 Å². The van der Waals surface area contributed by atoms with Crippen molar-refractivity contribution in [3.05, 3.63) is 89.7 Å². The number of amides is 1. The summed E-state index contributed by atoms with van der Waals surface area (Å²) >= 11 is 0. The van der Waals surface area contributed by atoms with Gasteiger partial charge in [0.1, 0.15) is 17.1 Å². The van der Waals surface area contributed by atoms with Gasteiger partial charge in [-0.25, -0.2) is 4.39 Å². The molecule has 4 rings (SSSR count). The van der Waals surface area contributed by atoms with E-state index in [2.05, 4.69) is 17.6 Å². The van der Waals surface area contributed by atoms with Gasteiger partial charge in [0.2, 0.25) is 0 Å². The highest BCUT2D eigenvalue weighted by Crippen LogP contribution is 2.41. The van der Waals surface area contributed by atoms with Gasteiger partial charge in [-0.15, -0.1) is 0 Å². The summed E-state index contributed by atoms with van der Waals surface area (Å²) in [7, 11) is 0. The Morgan fingerprint density at radius 2 is 1.62 bits per heavy atom. The molecule has 0 aliphatic carbocycles. The summed E-state index contributed by atoms with van der Waals surface area (Å²) in [5.41, 5.74) is 2.47. The van der Waals surface area contributed by atoms with E-state index < -0.39 is 17.1 Å². The molecular weight excluding hydrogens is 469 g/mol. The summed E-state index contributed by atoms with van der Waals surface area (Å²) in [6.07, 6.45) is 1.72. The minimum Gasteiger partial charge on any atom is -0.460 e. The van der Waals surface area contributed by atoms with E-state index >= 15 is 0 Å². The quantitative estimate of drug-likeness (QED) is 0.333. The zero-order chi connectivity index (χ0) is 26.6. The Kier molecular flexibility index (Phi) is 7.52. The lowest BCUT2D eigenvalue weighted by molar-refractivity contribution is -0.155. The number of rotatable bonds is 8. The fourth-order valence-electron chi connectivity index (χ4n) is 4.61. The zero-order valence-corrected chi connectivity index (χ0v) is 21.8. The van der Waals surface area contributed by atoms with E-state index in [1.54, 1.807) is 4.90 Å². The standard InChI is InChI=1S/C30H34FN3O3/c1-5-17-30(19-27(35)37-29(2,3)4)32-25-16-15-24(18-26(25)33-30)34(20-21-9-7-6-8-10-21)28(36)22-11-13-23(31)14-12-22/h6-16,18,32-33H,5,17,19-20H2,1-4H3. The normalized spacial score (nSPS) is 16.4. The molecule has 1 amide bonds. The van der Waals surface area contributed by atoms with Crippen LogP contribution in [0.15, 0.2) is 72.8 Å². The van der Waals surface area contributed by atoms with E-state index in [-0.39, 0.29) is 18.3 Å². The summed E-state index contributed by atoms with van der Waals surface area (Å²) in [6.45, 7) is 7.98. The van der Waals surface area contributed by atoms with Crippen LogP contribution in [0.4, 0.5) is 21.5 Å². The third-order valence-corrected chi connectivity index (χ3v) is 6.13. The van der Waals surface area contributed by atoms with Crippen molar-refractivity contribution in [2.75, 3.05) is 15.5 Å². The third kappa shape index (κ3) is 6.47. The first-order valence-electron chi connectivity index (χ1n) is 12.6. The van der Waals surface area contributed by atoms with Crippen LogP contribution >= 0.6 is 0 Å². The maximum atomic E-state index is 13.6. The number of carbonyl (C=O) groups is 2. The van der Waals surface area contributed by atoms with E-state index in [4.69, 9.17) is 4.74 Å². The lowest BCUT2D eigenvalue weighted by Crippen LogP contribution is -2.45. The number of benzene rings is 3. The molecule has 1 aliphatic heterocycles. The molecule has 0 bridgehead atoms. The fraction of sp³-hybridized carbons (Fsp3) is 0.333. The molecule has 0 spiro atoms. The highest BCUT2D eigenvalue weighted by atomic mass is 19.1. The summed E-state index contributed by atoms with van der Waals surface area (Å²) in [5, 5.41) is 7.00. The minimum atomic E-state index is -0.677. The van der Waals surface area contributed by atoms with Crippen molar-refractivity contribution in [3.8, 4) is 0 Å². The molecule has 0 saturated carbocycles. The van der Waals surface area contributed by atoms with E-state index in [1.165, 1.54) is 24.3 Å². The molecule has 0 saturated heterocycles. The summed E-state index contributed by atoms with van der Waals surface area (Å²) in [5.74, 6) is -0.911. The van der Waals surface area contributed by atoms with E-state index in [0.29, 0.717) is 24.2 Å². The molecule has 37 heavy (non-hydrogen) atoms. The Labute approximate surface area is 217 Å². The predicted molar refractivity (Wildman–Crippen MR) is 145 cm³/mol. The molecule has 7 heteroatoms. The van der Waals surface area contributed by atoms with E-state index in [1.807, 2.05) is 69.3 Å². The number of halogens is 1. The topological polar surface area (TPSA) is 70.7 Å². The minimum absolute atomic E-state index is 0.157. The lowest BCUT2D eigenvalue weighted by Gasteiger charge is -2.31. The van der Waals surface area contributed by atoms with Crippen molar-refractivity contribution >= 4 is 28.9 Å². The van der Waals surface area contributed by atoms with Crippen LogP contribution in [0.1, 0.15) is 62.9 Å². The van der Waals surface area contributed by atoms with Crippen LogP contribution in [0.3, 0.4) is 0 Å². The maximum absolute atomic E-state index is 13.6. The summed E-state index contributed by atoms with van der Waals surface area (Å²) in [4.78, 5) is 28.0. The van der Waals surface area contributed by atoms with Crippen LogP contribution in [0.2, 0.25) is 0 Å². The van der Waals surface area contributed by atoms with Crippen molar-refractivity contribution in [3.63, 3.8) is 0 Å². The lowest BCUT2D eigenvalue weighted by atomic mass is 10.0. The number of carbonyl (C=O) groups excluding carboxylic acids is 2. The molecule has 1 aliphatic rings. The van der Waals surface area contributed by atoms with Gasteiger partial charge in [0.05, 0.1) is 24.3 Å². The number of hydrogen-bond acceptors (Lipinski definition) is 5. The average Bonchev–Trinajstić information content (AvgIpc) is 3.19. The highest BCUT2D eigenvalue weighted by molar-refractivity contribution is 6.06. The van der Waals surface area contributed by atoms with E-state index in [0.717, 1.165) is 23.4 Å². The van der Waals surface area contributed by atoms with Gasteiger partial charge in [-0.05, 0) is 75.2 Å². The SMILES string of the molecule is CCCC1(CC(=O)OC(C)(C)C)Nc2ccc(N(Cc3ccccc3)C(=O)c3ccc(F)cc3)cc2N1. The third-order valence-electron chi connectivity index (χ3n) is 6.13. The first-order chi connectivity index (χ1) is 17.6. The van der Waals surface area contributed by atoms with Crippen LogP contribution in [0, 0.1) is 5.82 Å². The summed E-state index contributed by atoms with van der Waals surface area (Å²) < 4.78 is 19.1. The van der Waals surface area contributed by atoms with Gasteiger partial charge < -0.3 is 20.3 Å². The zero-order valence-electron chi connectivity index (χ0n) is 21.8. The maximum Gasteiger partial charge on any atom is 0.310 e. The van der Waals surface area contributed by atoms with Gasteiger partial charge in [-0.1, -0.05) is 43.7 Å². The first kappa shape index (κ1) is 26.2. The Bertz CT molecular complexity index is 1260. The Morgan fingerprint density at radius 3 is 2.27 bits per heavy atom.